The first kappa shape index (κ1) is 11.9. The summed E-state index contributed by atoms with van der Waals surface area (Å²) in [4.78, 5) is 12.5. The van der Waals surface area contributed by atoms with Crippen LogP contribution in [-0.4, -0.2) is 53.0 Å². The Kier molecular flexibility index (Phi) is 4.78. The summed E-state index contributed by atoms with van der Waals surface area (Å²) in [5.74, 6) is 0.979. The Labute approximate surface area is 93.2 Å². The predicted molar refractivity (Wildman–Crippen MR) is 56.4 cm³/mol. The molecular formula is C8H14Cl2N2O2. The van der Waals surface area contributed by atoms with Gasteiger partial charge in [-0.1, -0.05) is 0 Å². The fraction of sp³-hybridized carbons (Fsp3) is 0.875. The maximum atomic E-state index is 10.4. The van der Waals surface area contributed by atoms with Crippen molar-refractivity contribution < 1.29 is 9.90 Å². The molecule has 1 aliphatic rings. The Bertz CT molecular complexity index is 200. The van der Waals surface area contributed by atoms with Crippen LogP contribution in [0.2, 0.25) is 0 Å². The van der Waals surface area contributed by atoms with Gasteiger partial charge in [0.2, 0.25) is 0 Å². The van der Waals surface area contributed by atoms with Crippen molar-refractivity contribution in [1.29, 1.82) is 0 Å². The number of halogens is 2. The zero-order valence-corrected chi connectivity index (χ0v) is 9.26. The van der Waals surface area contributed by atoms with Gasteiger partial charge in [-0.3, -0.25) is 4.90 Å². The number of hydrogen-bond acceptors (Lipinski definition) is 2. The van der Waals surface area contributed by atoms with Gasteiger partial charge in [0, 0.05) is 36.9 Å². The molecule has 0 radical (unpaired) electrons. The number of alkyl halides is 2. The van der Waals surface area contributed by atoms with Gasteiger partial charge in [0.25, 0.3) is 0 Å². The van der Waals surface area contributed by atoms with Gasteiger partial charge in [-0.15, -0.1) is 23.2 Å². The van der Waals surface area contributed by atoms with Crippen LogP contribution < -0.4 is 5.32 Å². The highest BCUT2D eigenvalue weighted by Gasteiger charge is 2.28. The third-order valence-corrected chi connectivity index (χ3v) is 3.13. The van der Waals surface area contributed by atoms with Gasteiger partial charge in [0.1, 0.15) is 0 Å². The molecule has 0 aromatic heterocycles. The standard InChI is InChI=1S/C8H14Cl2N2O2/c9-3-7(4-10)12-2-1-6(5-12)11-8(13)14/h6-7,11H,1-5H2,(H,13,14). The topological polar surface area (TPSA) is 52.6 Å². The zero-order chi connectivity index (χ0) is 10.6. The molecule has 0 aromatic carbocycles. The fourth-order valence-electron chi connectivity index (χ4n) is 1.65. The average Bonchev–Trinajstić information content (AvgIpc) is 2.54. The first-order valence-electron chi connectivity index (χ1n) is 4.52. The first-order valence-corrected chi connectivity index (χ1v) is 5.59. The van der Waals surface area contributed by atoms with E-state index in [2.05, 4.69) is 10.2 Å². The van der Waals surface area contributed by atoms with Gasteiger partial charge in [-0.05, 0) is 6.42 Å². The van der Waals surface area contributed by atoms with Crippen molar-refractivity contribution in [2.45, 2.75) is 18.5 Å². The van der Waals surface area contributed by atoms with Crippen molar-refractivity contribution in [3.63, 3.8) is 0 Å². The minimum Gasteiger partial charge on any atom is -0.465 e. The molecular weight excluding hydrogens is 227 g/mol. The summed E-state index contributed by atoms with van der Waals surface area (Å²) in [6, 6.07) is 0.167. The summed E-state index contributed by atoms with van der Waals surface area (Å²) in [6.45, 7) is 1.56. The van der Waals surface area contributed by atoms with Crippen LogP contribution in [-0.2, 0) is 0 Å². The van der Waals surface area contributed by atoms with E-state index in [0.717, 1.165) is 13.0 Å². The van der Waals surface area contributed by atoms with E-state index in [1.54, 1.807) is 0 Å². The van der Waals surface area contributed by atoms with Gasteiger partial charge in [-0.25, -0.2) is 4.79 Å². The molecule has 4 nitrogen and oxygen atoms in total. The van der Waals surface area contributed by atoms with Crippen LogP contribution in [0.5, 0.6) is 0 Å². The van der Waals surface area contributed by atoms with Crippen molar-refractivity contribution in [2.75, 3.05) is 24.8 Å². The molecule has 2 N–H and O–H groups in total. The van der Waals surface area contributed by atoms with Crippen LogP contribution >= 0.6 is 23.2 Å². The van der Waals surface area contributed by atoms with Crippen LogP contribution in [0, 0.1) is 0 Å². The SMILES string of the molecule is O=C(O)NC1CCN(C(CCl)CCl)C1. The van der Waals surface area contributed by atoms with Crippen molar-refractivity contribution in [2.24, 2.45) is 0 Å². The number of nitrogens with one attached hydrogen (secondary N) is 1. The quantitative estimate of drug-likeness (QED) is 0.726. The Morgan fingerprint density at radius 2 is 2.21 bits per heavy atom. The zero-order valence-electron chi connectivity index (χ0n) is 7.75. The van der Waals surface area contributed by atoms with Gasteiger partial charge in [0.15, 0.2) is 0 Å². The van der Waals surface area contributed by atoms with E-state index in [-0.39, 0.29) is 12.1 Å². The van der Waals surface area contributed by atoms with E-state index in [0.29, 0.717) is 18.3 Å². The lowest BCUT2D eigenvalue weighted by Gasteiger charge is -2.23. The molecule has 0 aliphatic carbocycles. The Balaban J connectivity index is 2.36. The highest BCUT2D eigenvalue weighted by molar-refractivity contribution is 6.21. The van der Waals surface area contributed by atoms with Gasteiger partial charge in [-0.2, -0.15) is 0 Å². The second-order valence-electron chi connectivity index (χ2n) is 3.39. The molecule has 1 amide bonds. The maximum absolute atomic E-state index is 10.4. The van der Waals surface area contributed by atoms with E-state index >= 15 is 0 Å². The largest absolute Gasteiger partial charge is 0.465 e. The molecule has 82 valence electrons. The summed E-state index contributed by atoms with van der Waals surface area (Å²) in [5, 5.41) is 11.0. The molecule has 0 saturated carbocycles. The number of nitrogens with zero attached hydrogens (tertiary/aromatic N) is 1. The van der Waals surface area contributed by atoms with Crippen LogP contribution in [0.15, 0.2) is 0 Å². The molecule has 1 fully saturated rings. The summed E-state index contributed by atoms with van der Waals surface area (Å²) < 4.78 is 0. The van der Waals surface area contributed by atoms with E-state index in [1.165, 1.54) is 0 Å². The van der Waals surface area contributed by atoms with Crippen LogP contribution in [0.25, 0.3) is 0 Å². The van der Waals surface area contributed by atoms with Crippen LogP contribution in [0.3, 0.4) is 0 Å². The molecule has 1 heterocycles. The van der Waals surface area contributed by atoms with Gasteiger partial charge >= 0.3 is 6.09 Å². The Morgan fingerprint density at radius 3 is 2.71 bits per heavy atom. The van der Waals surface area contributed by atoms with Crippen molar-refractivity contribution in [3.8, 4) is 0 Å². The molecule has 1 unspecified atom stereocenters. The predicted octanol–water partition coefficient (Wildman–Crippen LogP) is 1.17. The van der Waals surface area contributed by atoms with E-state index in [4.69, 9.17) is 28.3 Å². The van der Waals surface area contributed by atoms with Crippen LogP contribution in [0.4, 0.5) is 4.79 Å². The van der Waals surface area contributed by atoms with Crippen molar-refractivity contribution in [1.82, 2.24) is 10.2 Å². The lowest BCUT2D eigenvalue weighted by Crippen LogP contribution is -2.40. The number of rotatable bonds is 4. The molecule has 1 aliphatic heterocycles. The summed E-state index contributed by atoms with van der Waals surface area (Å²) in [5.41, 5.74) is 0. The monoisotopic (exact) mass is 240 g/mol. The summed E-state index contributed by atoms with van der Waals surface area (Å²) in [6.07, 6.45) is -0.138. The highest BCUT2D eigenvalue weighted by Crippen LogP contribution is 2.14. The Hall–Kier alpha value is -0.190. The minimum absolute atomic E-state index is 0.0152. The minimum atomic E-state index is -0.967. The molecule has 14 heavy (non-hydrogen) atoms. The molecule has 0 bridgehead atoms. The average molecular weight is 241 g/mol. The third-order valence-electron chi connectivity index (χ3n) is 2.42. The molecule has 0 aromatic rings. The molecule has 1 rings (SSSR count). The second kappa shape index (κ2) is 5.63. The fourth-order valence-corrected chi connectivity index (χ4v) is 2.37. The smallest absolute Gasteiger partial charge is 0.404 e. The van der Waals surface area contributed by atoms with Gasteiger partial charge < -0.3 is 10.4 Å². The highest BCUT2D eigenvalue weighted by atomic mass is 35.5. The normalized spacial score (nSPS) is 22.9. The van der Waals surface area contributed by atoms with Gasteiger partial charge in [0.05, 0.1) is 0 Å². The van der Waals surface area contributed by atoms with E-state index in [9.17, 15) is 4.79 Å². The van der Waals surface area contributed by atoms with Crippen molar-refractivity contribution >= 4 is 29.3 Å². The number of carbonyl (C=O) groups is 1. The maximum Gasteiger partial charge on any atom is 0.404 e. The number of likely N-dealkylation sites (tertiary alicyclic amines) is 1. The van der Waals surface area contributed by atoms with E-state index < -0.39 is 6.09 Å². The second-order valence-corrected chi connectivity index (χ2v) is 4.01. The number of hydrogen-bond donors (Lipinski definition) is 2. The summed E-state index contributed by atoms with van der Waals surface area (Å²) in [7, 11) is 0. The van der Waals surface area contributed by atoms with Crippen molar-refractivity contribution in [3.05, 3.63) is 0 Å². The molecule has 1 atom stereocenters. The number of amides is 1. The van der Waals surface area contributed by atoms with Crippen LogP contribution in [0.1, 0.15) is 6.42 Å². The third kappa shape index (κ3) is 3.19. The first-order chi connectivity index (χ1) is 6.67. The van der Waals surface area contributed by atoms with E-state index in [1.807, 2.05) is 0 Å². The lowest BCUT2D eigenvalue weighted by atomic mass is 10.3. The number of carboxylic acid groups (broad SMARTS) is 1. The Morgan fingerprint density at radius 1 is 1.57 bits per heavy atom. The summed E-state index contributed by atoms with van der Waals surface area (Å²) >= 11 is 11.5. The molecule has 6 heteroatoms. The molecule has 0 spiro atoms. The molecule has 1 saturated heterocycles. The lowest BCUT2D eigenvalue weighted by molar-refractivity contribution is 0.188.